The minimum absolute atomic E-state index is 0.0417. The Labute approximate surface area is 97.1 Å². The van der Waals surface area contributed by atoms with Crippen LogP contribution >= 0.6 is 0 Å². The molecule has 1 aromatic rings. The quantitative estimate of drug-likeness (QED) is 0.309. The number of nitrogens with zero attached hydrogens (tertiary/aromatic N) is 3. The molecule has 0 bridgehead atoms. The van der Waals surface area contributed by atoms with Crippen molar-refractivity contribution in [2.24, 2.45) is 0 Å². The van der Waals surface area contributed by atoms with Crippen molar-refractivity contribution in [1.82, 2.24) is 15.0 Å². The second-order valence-electron chi connectivity index (χ2n) is 2.43. The standard InChI is InChI=1S/C3H6N6.C3H8O3.CH2O/c4-1-7-2(5)9-3(6)8-1;4-1-3(6)2-5;1-2/h(H6,4,5,6,7,8,9);3-6H,1-2H2;1H2. The molecule has 17 heavy (non-hydrogen) atoms. The number of nitrogens with two attached hydrogens (primary N) is 3. The van der Waals surface area contributed by atoms with Gasteiger partial charge in [-0.15, -0.1) is 0 Å². The highest BCUT2D eigenvalue weighted by Crippen LogP contribution is 1.97. The van der Waals surface area contributed by atoms with Crippen LogP contribution in [-0.4, -0.2) is 56.4 Å². The van der Waals surface area contributed by atoms with E-state index in [1.807, 2.05) is 6.79 Å². The van der Waals surface area contributed by atoms with Crippen LogP contribution in [0.5, 0.6) is 0 Å². The third-order valence-corrected chi connectivity index (χ3v) is 1.11. The first-order valence-corrected chi connectivity index (χ1v) is 4.20. The van der Waals surface area contributed by atoms with E-state index in [0.717, 1.165) is 0 Å². The van der Waals surface area contributed by atoms with Crippen LogP contribution in [0.4, 0.5) is 17.8 Å². The number of anilines is 3. The molecule has 0 fully saturated rings. The van der Waals surface area contributed by atoms with E-state index in [1.165, 1.54) is 0 Å². The van der Waals surface area contributed by atoms with Gasteiger partial charge in [-0.2, -0.15) is 15.0 Å². The monoisotopic (exact) mass is 248 g/mol. The maximum Gasteiger partial charge on any atom is 0.226 e. The molecule has 1 aromatic heterocycles. The second kappa shape index (κ2) is 10.5. The summed E-state index contributed by atoms with van der Waals surface area (Å²) in [4.78, 5) is 18.5. The predicted octanol–water partition coefficient (Wildman–Crippen LogP) is -3.23. The molecule has 0 amide bonds. The zero-order valence-corrected chi connectivity index (χ0v) is 9.02. The van der Waals surface area contributed by atoms with Gasteiger partial charge in [0.05, 0.1) is 13.2 Å². The smallest absolute Gasteiger partial charge is 0.226 e. The van der Waals surface area contributed by atoms with Gasteiger partial charge in [0.15, 0.2) is 0 Å². The van der Waals surface area contributed by atoms with Crippen molar-refractivity contribution in [3.8, 4) is 0 Å². The average molecular weight is 248 g/mol. The summed E-state index contributed by atoms with van der Waals surface area (Å²) in [5.74, 6) is 0.125. The molecule has 0 aromatic carbocycles. The molecule has 10 heteroatoms. The van der Waals surface area contributed by atoms with Gasteiger partial charge in [-0.1, -0.05) is 0 Å². The van der Waals surface area contributed by atoms with E-state index in [-0.39, 0.29) is 31.1 Å². The number of hydrogen-bond donors (Lipinski definition) is 6. The maximum absolute atomic E-state index is 8.17. The van der Waals surface area contributed by atoms with Crippen molar-refractivity contribution < 1.29 is 20.1 Å². The Morgan fingerprint density at radius 3 is 1.29 bits per heavy atom. The van der Waals surface area contributed by atoms with E-state index < -0.39 is 6.10 Å². The summed E-state index contributed by atoms with van der Waals surface area (Å²) in [6.45, 7) is 1.27. The molecule has 98 valence electrons. The van der Waals surface area contributed by atoms with Crippen LogP contribution in [0.1, 0.15) is 0 Å². The van der Waals surface area contributed by atoms with E-state index in [9.17, 15) is 0 Å². The van der Waals surface area contributed by atoms with Crippen molar-refractivity contribution in [1.29, 1.82) is 0 Å². The first kappa shape index (κ1) is 17.4. The van der Waals surface area contributed by atoms with Gasteiger partial charge in [-0.3, -0.25) is 0 Å². The first-order valence-electron chi connectivity index (χ1n) is 4.20. The van der Waals surface area contributed by atoms with Gasteiger partial charge in [-0.05, 0) is 0 Å². The number of nitrogen functional groups attached to an aromatic ring is 3. The molecule has 9 N–H and O–H groups in total. The summed E-state index contributed by atoms with van der Waals surface area (Å²) in [6.07, 6.45) is -0.954. The third kappa shape index (κ3) is 10.2. The van der Waals surface area contributed by atoms with E-state index in [0.29, 0.717) is 0 Å². The topological polar surface area (TPSA) is 194 Å². The van der Waals surface area contributed by atoms with Crippen LogP contribution in [0, 0.1) is 0 Å². The molecule has 0 aliphatic rings. The Kier molecular flexibility index (Phi) is 10.7. The zero-order chi connectivity index (χ0) is 13.8. The minimum atomic E-state index is -0.954. The van der Waals surface area contributed by atoms with Crippen LogP contribution in [0.3, 0.4) is 0 Å². The van der Waals surface area contributed by atoms with Crippen molar-refractivity contribution in [3.05, 3.63) is 0 Å². The van der Waals surface area contributed by atoms with E-state index in [4.69, 9.17) is 37.3 Å². The Morgan fingerprint density at radius 1 is 0.941 bits per heavy atom. The summed E-state index contributed by atoms with van der Waals surface area (Å²) in [5.41, 5.74) is 15.4. The van der Waals surface area contributed by atoms with Gasteiger partial charge in [0.1, 0.15) is 12.9 Å². The van der Waals surface area contributed by atoms with E-state index in [1.54, 1.807) is 0 Å². The highest BCUT2D eigenvalue weighted by atomic mass is 16.3. The molecule has 0 radical (unpaired) electrons. The molecule has 0 unspecified atom stereocenters. The van der Waals surface area contributed by atoms with Crippen molar-refractivity contribution in [3.63, 3.8) is 0 Å². The van der Waals surface area contributed by atoms with Gasteiger partial charge in [-0.25, -0.2) is 0 Å². The van der Waals surface area contributed by atoms with Gasteiger partial charge in [0.2, 0.25) is 17.8 Å². The summed E-state index contributed by atoms with van der Waals surface area (Å²) < 4.78 is 0. The lowest BCUT2D eigenvalue weighted by molar-refractivity contribution is -0.0979. The molecule has 0 atom stereocenters. The number of rotatable bonds is 2. The fourth-order valence-corrected chi connectivity index (χ4v) is 0.485. The lowest BCUT2D eigenvalue weighted by atomic mass is 10.4. The largest absolute Gasteiger partial charge is 0.394 e. The van der Waals surface area contributed by atoms with Gasteiger partial charge in [0.25, 0.3) is 0 Å². The molecule has 1 heterocycles. The SMILES string of the molecule is C=O.Nc1nc(N)nc(N)n1.OCC(O)CO. The number of aliphatic hydroxyl groups excluding tert-OH is 3. The normalized spacial score (nSPS) is 8.71. The molecule has 1 rings (SSSR count). The van der Waals surface area contributed by atoms with E-state index in [2.05, 4.69) is 15.0 Å². The molecular weight excluding hydrogens is 232 g/mol. The van der Waals surface area contributed by atoms with Crippen LogP contribution in [0.25, 0.3) is 0 Å². The van der Waals surface area contributed by atoms with E-state index >= 15 is 0 Å². The third-order valence-electron chi connectivity index (χ3n) is 1.11. The van der Waals surface area contributed by atoms with Gasteiger partial charge < -0.3 is 37.3 Å². The fraction of sp³-hybridized carbons (Fsp3) is 0.429. The van der Waals surface area contributed by atoms with Crippen LogP contribution < -0.4 is 17.2 Å². The molecule has 0 saturated heterocycles. The maximum atomic E-state index is 8.17. The average Bonchev–Trinajstić information content (AvgIpc) is 2.29. The van der Waals surface area contributed by atoms with Crippen LogP contribution in [0.15, 0.2) is 0 Å². The fourth-order valence-electron chi connectivity index (χ4n) is 0.485. The van der Waals surface area contributed by atoms with Crippen LogP contribution in [-0.2, 0) is 4.79 Å². The summed E-state index contributed by atoms with van der Waals surface area (Å²) in [6, 6.07) is 0. The number of carbonyl (C=O) groups is 1. The molecule has 0 spiro atoms. The summed E-state index contributed by atoms with van der Waals surface area (Å²) in [5, 5.41) is 24.0. The minimum Gasteiger partial charge on any atom is -0.394 e. The second-order valence-corrected chi connectivity index (χ2v) is 2.43. The first-order chi connectivity index (χ1) is 7.99. The highest BCUT2D eigenvalue weighted by Gasteiger charge is 1.94. The highest BCUT2D eigenvalue weighted by molar-refractivity contribution is 5.33. The van der Waals surface area contributed by atoms with Gasteiger partial charge in [0, 0.05) is 0 Å². The molecule has 0 aliphatic heterocycles. The predicted molar refractivity (Wildman–Crippen MR) is 60.4 cm³/mol. The molecule has 0 saturated carbocycles. The summed E-state index contributed by atoms with van der Waals surface area (Å²) >= 11 is 0. The zero-order valence-electron chi connectivity index (χ0n) is 9.02. The van der Waals surface area contributed by atoms with Crippen molar-refractivity contribution in [2.45, 2.75) is 6.10 Å². The summed E-state index contributed by atoms with van der Waals surface area (Å²) in [7, 11) is 0. The Balaban J connectivity index is 0. The molecule has 10 nitrogen and oxygen atoms in total. The van der Waals surface area contributed by atoms with Crippen molar-refractivity contribution in [2.75, 3.05) is 30.4 Å². The lowest BCUT2D eigenvalue weighted by Gasteiger charge is -1.96. The number of carbonyl (C=O) groups excluding carboxylic acids is 1. The van der Waals surface area contributed by atoms with Gasteiger partial charge >= 0.3 is 0 Å². The Morgan fingerprint density at radius 2 is 1.18 bits per heavy atom. The number of hydrogen-bond acceptors (Lipinski definition) is 10. The van der Waals surface area contributed by atoms with Crippen LogP contribution in [0.2, 0.25) is 0 Å². The Hall–Kier alpha value is -2.04. The lowest BCUT2D eigenvalue weighted by Crippen LogP contribution is -2.15. The Bertz CT molecular complexity index is 258. The number of aromatic nitrogens is 3. The van der Waals surface area contributed by atoms with Crippen molar-refractivity contribution >= 4 is 24.6 Å². The molecular formula is C7H16N6O4. The number of aliphatic hydroxyl groups is 3. The molecule has 0 aliphatic carbocycles.